The van der Waals surface area contributed by atoms with Crippen LogP contribution in [0.15, 0.2) is 35.9 Å². The zero-order chi connectivity index (χ0) is 10.6. The van der Waals surface area contributed by atoms with Gasteiger partial charge in [0.2, 0.25) is 0 Å². The number of hydrogen-bond acceptors (Lipinski definition) is 2. The standard InChI is InChI=1S/C12H14O2/c1-3-9(2)12(14)11-6-4-10(8-13)5-7-11/h3-7,13H,8H2,1-2H3. The molecule has 0 aliphatic heterocycles. The fourth-order valence-corrected chi connectivity index (χ4v) is 1.12. The van der Waals surface area contributed by atoms with Gasteiger partial charge in [-0.15, -0.1) is 0 Å². The number of hydrogen-bond donors (Lipinski definition) is 1. The summed E-state index contributed by atoms with van der Waals surface area (Å²) < 4.78 is 0. The van der Waals surface area contributed by atoms with Gasteiger partial charge >= 0.3 is 0 Å². The Kier molecular flexibility index (Phi) is 3.60. The highest BCUT2D eigenvalue weighted by atomic mass is 16.3. The van der Waals surface area contributed by atoms with E-state index in [-0.39, 0.29) is 12.4 Å². The molecule has 0 unspecified atom stereocenters. The van der Waals surface area contributed by atoms with Gasteiger partial charge in [0.15, 0.2) is 5.78 Å². The minimum absolute atomic E-state index is 0.0110. The number of ketones is 1. The van der Waals surface area contributed by atoms with Gasteiger partial charge in [0.05, 0.1) is 6.61 Å². The van der Waals surface area contributed by atoms with Gasteiger partial charge in [-0.3, -0.25) is 4.79 Å². The van der Waals surface area contributed by atoms with Crippen molar-refractivity contribution in [2.24, 2.45) is 0 Å². The van der Waals surface area contributed by atoms with Crippen molar-refractivity contribution in [3.05, 3.63) is 47.0 Å². The minimum atomic E-state index is 0.0110. The molecular weight excluding hydrogens is 176 g/mol. The third-order valence-electron chi connectivity index (χ3n) is 2.19. The van der Waals surface area contributed by atoms with Crippen molar-refractivity contribution >= 4 is 5.78 Å². The molecule has 0 amide bonds. The molecule has 0 bridgehead atoms. The van der Waals surface area contributed by atoms with E-state index in [1.807, 2.05) is 6.92 Å². The molecular formula is C12H14O2. The van der Waals surface area contributed by atoms with Crippen LogP contribution in [0.2, 0.25) is 0 Å². The Morgan fingerprint density at radius 2 is 1.93 bits per heavy atom. The highest BCUT2D eigenvalue weighted by Crippen LogP contribution is 2.09. The zero-order valence-corrected chi connectivity index (χ0v) is 8.45. The molecule has 1 N–H and O–H groups in total. The van der Waals surface area contributed by atoms with Crippen molar-refractivity contribution in [2.75, 3.05) is 0 Å². The lowest BCUT2D eigenvalue weighted by Crippen LogP contribution is -2.00. The highest BCUT2D eigenvalue weighted by Gasteiger charge is 2.06. The lowest BCUT2D eigenvalue weighted by Gasteiger charge is -2.01. The second-order valence-corrected chi connectivity index (χ2v) is 3.16. The maximum absolute atomic E-state index is 11.6. The Morgan fingerprint density at radius 3 is 2.36 bits per heavy atom. The van der Waals surface area contributed by atoms with Crippen LogP contribution in [-0.4, -0.2) is 10.9 Å². The molecule has 14 heavy (non-hydrogen) atoms. The molecule has 0 fully saturated rings. The van der Waals surface area contributed by atoms with Crippen LogP contribution in [0.4, 0.5) is 0 Å². The Balaban J connectivity index is 2.92. The third-order valence-corrected chi connectivity index (χ3v) is 2.19. The number of allylic oxidation sites excluding steroid dienone is 2. The summed E-state index contributed by atoms with van der Waals surface area (Å²) in [6, 6.07) is 6.99. The molecule has 1 aromatic carbocycles. The Hall–Kier alpha value is -1.41. The molecule has 1 aromatic rings. The van der Waals surface area contributed by atoms with Crippen LogP contribution < -0.4 is 0 Å². The van der Waals surface area contributed by atoms with Gasteiger partial charge in [0, 0.05) is 5.56 Å². The zero-order valence-electron chi connectivity index (χ0n) is 8.45. The first-order chi connectivity index (χ1) is 6.69. The second-order valence-electron chi connectivity index (χ2n) is 3.16. The lowest BCUT2D eigenvalue weighted by atomic mass is 10.0. The van der Waals surface area contributed by atoms with Crippen molar-refractivity contribution in [2.45, 2.75) is 20.5 Å². The summed E-state index contributed by atoms with van der Waals surface area (Å²) in [7, 11) is 0. The molecule has 0 radical (unpaired) electrons. The number of benzene rings is 1. The molecule has 0 spiro atoms. The summed E-state index contributed by atoms with van der Waals surface area (Å²) in [6.07, 6.45) is 1.79. The summed E-state index contributed by atoms with van der Waals surface area (Å²) in [6.45, 7) is 3.65. The first kappa shape index (κ1) is 10.7. The molecule has 2 nitrogen and oxygen atoms in total. The van der Waals surface area contributed by atoms with Crippen LogP contribution in [0, 0.1) is 0 Å². The fraction of sp³-hybridized carbons (Fsp3) is 0.250. The Bertz CT molecular complexity index is 347. The molecule has 0 aliphatic rings. The minimum Gasteiger partial charge on any atom is -0.392 e. The summed E-state index contributed by atoms with van der Waals surface area (Å²) >= 11 is 0. The SMILES string of the molecule is CC=C(C)C(=O)c1ccc(CO)cc1. The summed E-state index contributed by atoms with van der Waals surface area (Å²) in [5, 5.41) is 8.83. The number of carbonyl (C=O) groups is 1. The van der Waals surface area contributed by atoms with Crippen molar-refractivity contribution in [3.63, 3.8) is 0 Å². The van der Waals surface area contributed by atoms with Crippen molar-refractivity contribution in [3.8, 4) is 0 Å². The largest absolute Gasteiger partial charge is 0.392 e. The average molecular weight is 190 g/mol. The molecule has 0 saturated carbocycles. The van der Waals surface area contributed by atoms with Crippen LogP contribution in [0.5, 0.6) is 0 Å². The van der Waals surface area contributed by atoms with Gasteiger partial charge in [0.1, 0.15) is 0 Å². The third kappa shape index (κ3) is 2.30. The molecule has 0 aliphatic carbocycles. The van der Waals surface area contributed by atoms with E-state index in [2.05, 4.69) is 0 Å². The summed E-state index contributed by atoms with van der Waals surface area (Å²) in [5.74, 6) is 0.0389. The van der Waals surface area contributed by atoms with E-state index in [1.54, 1.807) is 37.3 Å². The molecule has 2 heteroatoms. The van der Waals surface area contributed by atoms with Crippen molar-refractivity contribution in [1.29, 1.82) is 0 Å². The monoisotopic (exact) mass is 190 g/mol. The van der Waals surface area contributed by atoms with Crippen LogP contribution in [0.25, 0.3) is 0 Å². The van der Waals surface area contributed by atoms with Gasteiger partial charge < -0.3 is 5.11 Å². The van der Waals surface area contributed by atoms with Gasteiger partial charge in [-0.05, 0) is 25.0 Å². The molecule has 1 rings (SSSR count). The van der Waals surface area contributed by atoms with E-state index in [4.69, 9.17) is 5.11 Å². The summed E-state index contributed by atoms with van der Waals surface area (Å²) in [4.78, 5) is 11.6. The first-order valence-electron chi connectivity index (χ1n) is 4.56. The van der Waals surface area contributed by atoms with Crippen LogP contribution in [-0.2, 0) is 6.61 Å². The van der Waals surface area contributed by atoms with Crippen molar-refractivity contribution < 1.29 is 9.90 Å². The molecule has 74 valence electrons. The van der Waals surface area contributed by atoms with E-state index in [1.165, 1.54) is 0 Å². The predicted molar refractivity (Wildman–Crippen MR) is 56.1 cm³/mol. The van der Waals surface area contributed by atoms with E-state index in [0.29, 0.717) is 5.56 Å². The van der Waals surface area contributed by atoms with E-state index < -0.39 is 0 Å². The predicted octanol–water partition coefficient (Wildman–Crippen LogP) is 2.33. The molecule has 0 heterocycles. The second kappa shape index (κ2) is 4.72. The topological polar surface area (TPSA) is 37.3 Å². The normalized spacial score (nSPS) is 11.5. The van der Waals surface area contributed by atoms with Crippen LogP contribution >= 0.6 is 0 Å². The van der Waals surface area contributed by atoms with Gasteiger partial charge in [-0.2, -0.15) is 0 Å². The number of rotatable bonds is 3. The van der Waals surface area contributed by atoms with Gasteiger partial charge in [0.25, 0.3) is 0 Å². The Labute approximate surface area is 83.9 Å². The number of carbonyl (C=O) groups excluding carboxylic acids is 1. The van der Waals surface area contributed by atoms with Crippen molar-refractivity contribution in [1.82, 2.24) is 0 Å². The van der Waals surface area contributed by atoms with Crippen LogP contribution in [0.1, 0.15) is 29.8 Å². The van der Waals surface area contributed by atoms with E-state index in [9.17, 15) is 4.79 Å². The van der Waals surface area contributed by atoms with Crippen LogP contribution in [0.3, 0.4) is 0 Å². The smallest absolute Gasteiger partial charge is 0.188 e. The lowest BCUT2D eigenvalue weighted by molar-refractivity contribution is 0.103. The fourth-order valence-electron chi connectivity index (χ4n) is 1.12. The maximum atomic E-state index is 11.6. The number of aliphatic hydroxyl groups excluding tert-OH is 1. The number of aliphatic hydroxyl groups is 1. The maximum Gasteiger partial charge on any atom is 0.188 e. The molecule has 0 atom stereocenters. The van der Waals surface area contributed by atoms with Gasteiger partial charge in [-0.25, -0.2) is 0 Å². The quantitative estimate of drug-likeness (QED) is 0.586. The molecule has 0 saturated heterocycles. The molecule has 0 aromatic heterocycles. The average Bonchev–Trinajstić information content (AvgIpc) is 2.27. The number of Topliss-reactive ketones (excluding diaryl/α,β-unsaturated/α-hetero) is 1. The highest BCUT2D eigenvalue weighted by molar-refractivity contribution is 6.08. The van der Waals surface area contributed by atoms with E-state index >= 15 is 0 Å². The Morgan fingerprint density at radius 1 is 1.36 bits per heavy atom. The first-order valence-corrected chi connectivity index (χ1v) is 4.56. The van der Waals surface area contributed by atoms with Gasteiger partial charge in [-0.1, -0.05) is 30.3 Å². The van der Waals surface area contributed by atoms with E-state index in [0.717, 1.165) is 11.1 Å². The summed E-state index contributed by atoms with van der Waals surface area (Å²) in [5.41, 5.74) is 2.22.